The van der Waals surface area contributed by atoms with Gasteiger partial charge in [0, 0.05) is 6.04 Å². The normalized spacial score (nSPS) is 34.5. The third-order valence-electron chi connectivity index (χ3n) is 4.41. The Bertz CT molecular complexity index is 493. The van der Waals surface area contributed by atoms with Crippen molar-refractivity contribution in [2.45, 2.75) is 51.9 Å². The Hall–Kier alpha value is -1.35. The molecule has 3 nitrogen and oxygen atoms in total. The van der Waals surface area contributed by atoms with E-state index >= 15 is 0 Å². The highest BCUT2D eigenvalue weighted by Crippen LogP contribution is 2.38. The van der Waals surface area contributed by atoms with Gasteiger partial charge in [-0.05, 0) is 38.2 Å². The third kappa shape index (κ3) is 2.16. The molecule has 0 radical (unpaired) electrons. The van der Waals surface area contributed by atoms with Gasteiger partial charge in [0.1, 0.15) is 6.17 Å². The van der Waals surface area contributed by atoms with E-state index in [9.17, 15) is 4.79 Å². The maximum Gasteiger partial charge on any atom is 0.241 e. The molecule has 1 saturated heterocycles. The number of nitrogens with one attached hydrogen (secondary N) is 1. The van der Waals surface area contributed by atoms with Crippen LogP contribution in [0.5, 0.6) is 0 Å². The van der Waals surface area contributed by atoms with E-state index in [0.717, 1.165) is 18.8 Å². The van der Waals surface area contributed by atoms with Gasteiger partial charge in [0.2, 0.25) is 5.91 Å². The fraction of sp³-hybridized carbons (Fsp3) is 0.562. The van der Waals surface area contributed by atoms with Crippen molar-refractivity contribution in [3.63, 3.8) is 0 Å². The van der Waals surface area contributed by atoms with Crippen LogP contribution in [0.2, 0.25) is 0 Å². The number of amides is 1. The molecule has 1 aliphatic heterocycles. The smallest absolute Gasteiger partial charge is 0.241 e. The monoisotopic (exact) mass is 258 g/mol. The molecule has 1 aromatic rings. The van der Waals surface area contributed by atoms with Gasteiger partial charge in [-0.3, -0.25) is 10.1 Å². The first kappa shape index (κ1) is 12.7. The van der Waals surface area contributed by atoms with Gasteiger partial charge >= 0.3 is 0 Å². The lowest BCUT2D eigenvalue weighted by Crippen LogP contribution is -2.46. The Morgan fingerprint density at radius 3 is 2.63 bits per heavy atom. The van der Waals surface area contributed by atoms with Crippen molar-refractivity contribution in [1.29, 1.82) is 0 Å². The zero-order valence-electron chi connectivity index (χ0n) is 11.9. The number of aryl methyl sites for hydroxylation is 1. The fourth-order valence-electron chi connectivity index (χ4n) is 3.31. The largest absolute Gasteiger partial charge is 0.319 e. The van der Waals surface area contributed by atoms with E-state index in [-0.39, 0.29) is 18.1 Å². The molecule has 0 bridgehead atoms. The van der Waals surface area contributed by atoms with Crippen LogP contribution in [-0.4, -0.2) is 22.9 Å². The summed E-state index contributed by atoms with van der Waals surface area (Å²) in [5.41, 5.74) is 2.45. The van der Waals surface area contributed by atoms with Crippen LogP contribution < -0.4 is 5.32 Å². The van der Waals surface area contributed by atoms with Crippen molar-refractivity contribution < 1.29 is 4.79 Å². The Morgan fingerprint density at radius 1 is 1.26 bits per heavy atom. The standard InChI is InChI=1S/C16H22N2O/c1-10-5-4-6-13(7-10)15-17-12(3)16(19)18(15)14-8-11(2)9-14/h4-7,11-12,14-15,17H,8-9H2,1-3H3. The molecule has 1 aromatic carbocycles. The first-order valence-corrected chi connectivity index (χ1v) is 7.21. The number of nitrogens with zero attached hydrogens (tertiary/aromatic N) is 1. The highest BCUT2D eigenvalue weighted by atomic mass is 16.2. The summed E-state index contributed by atoms with van der Waals surface area (Å²) in [6, 6.07) is 8.82. The summed E-state index contributed by atoms with van der Waals surface area (Å²) in [6.07, 6.45) is 2.34. The van der Waals surface area contributed by atoms with Crippen LogP contribution in [0.25, 0.3) is 0 Å². The Balaban J connectivity index is 1.88. The molecule has 1 aliphatic carbocycles. The first-order valence-electron chi connectivity index (χ1n) is 7.21. The van der Waals surface area contributed by atoms with Gasteiger partial charge in [-0.25, -0.2) is 0 Å². The van der Waals surface area contributed by atoms with E-state index in [0.29, 0.717) is 6.04 Å². The predicted octanol–water partition coefficient (Wildman–Crippen LogP) is 2.61. The van der Waals surface area contributed by atoms with Crippen LogP contribution in [0.1, 0.15) is 44.0 Å². The van der Waals surface area contributed by atoms with Gasteiger partial charge in [0.15, 0.2) is 0 Å². The second kappa shape index (κ2) is 4.64. The molecule has 2 atom stereocenters. The summed E-state index contributed by atoms with van der Waals surface area (Å²) in [5.74, 6) is 1.01. The van der Waals surface area contributed by atoms with Gasteiger partial charge in [0.05, 0.1) is 6.04 Å². The summed E-state index contributed by atoms with van der Waals surface area (Å²) in [7, 11) is 0. The molecule has 102 valence electrons. The Morgan fingerprint density at radius 2 is 2.00 bits per heavy atom. The zero-order chi connectivity index (χ0) is 13.6. The lowest BCUT2D eigenvalue weighted by molar-refractivity contribution is -0.134. The topological polar surface area (TPSA) is 32.3 Å². The molecule has 1 amide bonds. The van der Waals surface area contributed by atoms with Crippen molar-refractivity contribution in [2.24, 2.45) is 5.92 Å². The van der Waals surface area contributed by atoms with Crippen molar-refractivity contribution in [3.05, 3.63) is 35.4 Å². The third-order valence-corrected chi connectivity index (χ3v) is 4.41. The van der Waals surface area contributed by atoms with E-state index in [1.807, 2.05) is 6.92 Å². The summed E-state index contributed by atoms with van der Waals surface area (Å²) in [4.78, 5) is 14.5. The zero-order valence-corrected chi connectivity index (χ0v) is 11.9. The minimum absolute atomic E-state index is 0.0555. The molecule has 0 spiro atoms. The molecule has 2 fully saturated rings. The Kier molecular flexibility index (Phi) is 3.09. The van der Waals surface area contributed by atoms with Crippen molar-refractivity contribution in [1.82, 2.24) is 10.2 Å². The van der Waals surface area contributed by atoms with Crippen molar-refractivity contribution in [3.8, 4) is 0 Å². The SMILES string of the molecule is Cc1cccc(C2NC(C)C(=O)N2C2CC(C)C2)c1. The summed E-state index contributed by atoms with van der Waals surface area (Å²) in [6.45, 7) is 6.32. The molecule has 2 unspecified atom stereocenters. The average molecular weight is 258 g/mol. The molecule has 1 N–H and O–H groups in total. The van der Waals surface area contributed by atoms with Crippen LogP contribution in [0.3, 0.4) is 0 Å². The lowest BCUT2D eigenvalue weighted by Gasteiger charge is -2.42. The molecule has 3 heteroatoms. The fourth-order valence-corrected chi connectivity index (χ4v) is 3.31. The minimum Gasteiger partial charge on any atom is -0.319 e. The van der Waals surface area contributed by atoms with Gasteiger partial charge in [-0.1, -0.05) is 36.8 Å². The molecule has 19 heavy (non-hydrogen) atoms. The molecule has 0 aromatic heterocycles. The molecule has 2 aliphatic rings. The number of rotatable bonds is 2. The Labute approximate surface area is 115 Å². The molecule has 1 heterocycles. The molecule has 1 saturated carbocycles. The van der Waals surface area contributed by atoms with E-state index in [4.69, 9.17) is 0 Å². The predicted molar refractivity (Wildman–Crippen MR) is 75.5 cm³/mol. The highest BCUT2D eigenvalue weighted by Gasteiger charge is 2.44. The van der Waals surface area contributed by atoms with E-state index < -0.39 is 0 Å². The maximum atomic E-state index is 12.4. The number of hydrogen-bond acceptors (Lipinski definition) is 2. The van der Waals surface area contributed by atoms with Crippen molar-refractivity contribution in [2.75, 3.05) is 0 Å². The average Bonchev–Trinajstić information content (AvgIpc) is 2.62. The van der Waals surface area contributed by atoms with E-state index in [1.54, 1.807) is 0 Å². The minimum atomic E-state index is -0.0681. The van der Waals surface area contributed by atoms with Gasteiger partial charge < -0.3 is 4.90 Å². The number of benzene rings is 1. The quantitative estimate of drug-likeness (QED) is 0.884. The van der Waals surface area contributed by atoms with Gasteiger partial charge in [-0.2, -0.15) is 0 Å². The molecular formula is C16H22N2O. The van der Waals surface area contributed by atoms with E-state index in [1.165, 1.54) is 11.1 Å². The number of carbonyl (C=O) groups excluding carboxylic acids is 1. The van der Waals surface area contributed by atoms with Crippen LogP contribution in [-0.2, 0) is 4.79 Å². The van der Waals surface area contributed by atoms with Gasteiger partial charge in [0.25, 0.3) is 0 Å². The number of hydrogen-bond donors (Lipinski definition) is 1. The van der Waals surface area contributed by atoms with E-state index in [2.05, 4.69) is 48.3 Å². The maximum absolute atomic E-state index is 12.4. The van der Waals surface area contributed by atoms with Crippen molar-refractivity contribution >= 4 is 5.91 Å². The first-order chi connectivity index (χ1) is 9.06. The summed E-state index contributed by atoms with van der Waals surface area (Å²) >= 11 is 0. The second-order valence-corrected chi connectivity index (χ2v) is 6.18. The lowest BCUT2D eigenvalue weighted by atomic mass is 9.80. The summed E-state index contributed by atoms with van der Waals surface area (Å²) < 4.78 is 0. The second-order valence-electron chi connectivity index (χ2n) is 6.18. The highest BCUT2D eigenvalue weighted by molar-refractivity contribution is 5.84. The van der Waals surface area contributed by atoms with Crippen LogP contribution in [0.15, 0.2) is 24.3 Å². The summed E-state index contributed by atoms with van der Waals surface area (Å²) in [5, 5.41) is 3.44. The number of carbonyl (C=O) groups is 1. The van der Waals surface area contributed by atoms with Crippen LogP contribution in [0, 0.1) is 12.8 Å². The van der Waals surface area contributed by atoms with Crippen LogP contribution >= 0.6 is 0 Å². The van der Waals surface area contributed by atoms with Gasteiger partial charge in [-0.15, -0.1) is 0 Å². The van der Waals surface area contributed by atoms with Crippen LogP contribution in [0.4, 0.5) is 0 Å². The molecular weight excluding hydrogens is 236 g/mol. The molecule has 3 rings (SSSR count).